The van der Waals surface area contributed by atoms with E-state index in [1.807, 2.05) is 32.0 Å². The molecule has 3 rings (SSSR count). The zero-order valence-electron chi connectivity index (χ0n) is 44.1. The molecule has 0 spiro atoms. The van der Waals surface area contributed by atoms with Gasteiger partial charge in [-0.05, 0) is 75.0 Å². The number of hydrogen-bond acceptors (Lipinski definition) is 13. The molecule has 0 aliphatic carbocycles. The molecule has 0 unspecified atom stereocenters. The molecule has 0 saturated carbocycles. The minimum atomic E-state index is -1.70. The highest BCUT2D eigenvalue weighted by atomic mass is 16.4. The van der Waals surface area contributed by atoms with Crippen LogP contribution in [-0.2, 0) is 56.0 Å². The number of carbonyl (C=O) groups is 9. The molecule has 0 fully saturated rings. The first-order valence-corrected chi connectivity index (χ1v) is 25.2. The number of para-hydroxylation sites is 1. The van der Waals surface area contributed by atoms with E-state index in [0.717, 1.165) is 10.9 Å². The largest absolute Gasteiger partial charge is 0.480 e. The van der Waals surface area contributed by atoms with Crippen LogP contribution in [0.4, 0.5) is 0 Å². The highest BCUT2D eigenvalue weighted by Crippen LogP contribution is 2.20. The van der Waals surface area contributed by atoms with Crippen molar-refractivity contribution in [2.45, 2.75) is 161 Å². The van der Waals surface area contributed by atoms with Gasteiger partial charge in [-0.15, -0.1) is 0 Å². The van der Waals surface area contributed by atoms with Crippen molar-refractivity contribution in [2.24, 2.45) is 23.5 Å². The minimum absolute atomic E-state index is 0.00336. The van der Waals surface area contributed by atoms with E-state index in [-0.39, 0.29) is 43.4 Å². The lowest BCUT2D eigenvalue weighted by atomic mass is 9.99. The quantitative estimate of drug-likeness (QED) is 0.0387. The van der Waals surface area contributed by atoms with Crippen LogP contribution in [0.3, 0.4) is 0 Å². The number of carboxylic acids is 1. The number of amides is 8. The van der Waals surface area contributed by atoms with Crippen LogP contribution in [0.25, 0.3) is 10.9 Å². The number of benzene rings is 2. The van der Waals surface area contributed by atoms with Gasteiger partial charge in [-0.1, -0.05) is 90.1 Å². The molecule has 8 amide bonds. The maximum atomic E-state index is 14.1. The number of carboxylic acid groups (broad SMARTS) is 1. The average Bonchev–Trinajstić information content (AvgIpc) is 3.74. The molecule has 0 bridgehead atoms. The summed E-state index contributed by atoms with van der Waals surface area (Å²) in [4.78, 5) is 124. The van der Waals surface area contributed by atoms with Crippen LogP contribution in [0.1, 0.15) is 92.7 Å². The minimum Gasteiger partial charge on any atom is -0.480 e. The molecule has 23 heteroatoms. The molecular weight excluding hydrogens is 973 g/mol. The first kappa shape index (κ1) is 62.3. The van der Waals surface area contributed by atoms with Gasteiger partial charge in [0, 0.05) is 29.9 Å². The molecule has 23 nitrogen and oxygen atoms in total. The molecular formula is C52H78N10O13. The molecule has 75 heavy (non-hydrogen) atoms. The Kier molecular flexibility index (Phi) is 24.8. The number of aromatic nitrogens is 1. The van der Waals surface area contributed by atoms with E-state index in [1.165, 1.54) is 20.8 Å². The van der Waals surface area contributed by atoms with Crippen LogP contribution in [0.2, 0.25) is 0 Å². The molecule has 0 radical (unpaired) electrons. The molecule has 2 aromatic carbocycles. The fourth-order valence-electron chi connectivity index (χ4n) is 8.06. The van der Waals surface area contributed by atoms with Crippen LogP contribution >= 0.6 is 0 Å². The Morgan fingerprint density at radius 1 is 0.493 bits per heavy atom. The van der Waals surface area contributed by atoms with E-state index < -0.39 is 126 Å². The van der Waals surface area contributed by atoms with Gasteiger partial charge in [0.1, 0.15) is 48.3 Å². The number of aromatic amines is 1. The van der Waals surface area contributed by atoms with Crippen molar-refractivity contribution in [1.82, 2.24) is 47.5 Å². The van der Waals surface area contributed by atoms with Gasteiger partial charge in [0.2, 0.25) is 47.3 Å². The molecule has 1 heterocycles. The number of aliphatic hydroxyl groups is 3. The molecule has 414 valence electrons. The van der Waals surface area contributed by atoms with Crippen LogP contribution in [0.15, 0.2) is 60.8 Å². The standard InChI is InChI=1S/C52H78N10O13/c1-26(2)19-35(53)45(67)61-42(30(8)64)50(72)55-29(7)44(66)60-41(25-63)49(71)57-37(20-27(3)4)46(68)56-38(21-28(5)6)48(70)62-43(31(9)65)51(73)58-39(22-32-15-11-10-12-16-32)47(69)59-40(52(74)75)23-33-24-54-36-18-14-13-17-34(33)36/h10-18,24,26-31,35,37-43,54,63-65H,19-23,25,53H2,1-9H3,(H,55,72)(H,56,68)(H,57,71)(H,58,73)(H,59,69)(H,60,66)(H,61,67)(H,62,70)(H,74,75)/t29-,30+,31+,35-,37-,38-,39-,40-,41-,42-,43-/m0/s1. The van der Waals surface area contributed by atoms with Crippen molar-refractivity contribution in [3.8, 4) is 0 Å². The third-order valence-corrected chi connectivity index (χ3v) is 12.1. The SMILES string of the molecule is CC(C)C[C@H](NC(=O)[C@H](CO)NC(=O)[C@H](C)NC(=O)[C@@H](NC(=O)[C@@H](N)CC(C)C)[C@@H](C)O)C(=O)N[C@@H](CC(C)C)C(=O)N[C@H](C(=O)N[C@@H](Cc1ccccc1)C(=O)N[C@@H](Cc1c[nH]c2ccccc12)C(=O)O)[C@@H](C)O. The fourth-order valence-corrected chi connectivity index (χ4v) is 8.06. The number of hydrogen-bond donors (Lipinski definition) is 14. The fraction of sp³-hybridized carbons (Fsp3) is 0.558. The number of nitrogens with one attached hydrogen (secondary N) is 9. The second-order valence-electron chi connectivity index (χ2n) is 20.3. The second kappa shape index (κ2) is 29.8. The number of fused-ring (bicyclic) bond motifs is 1. The van der Waals surface area contributed by atoms with Crippen LogP contribution < -0.4 is 48.3 Å². The number of nitrogens with two attached hydrogens (primary N) is 1. The van der Waals surface area contributed by atoms with Gasteiger partial charge in [-0.25, -0.2) is 4.79 Å². The number of aliphatic hydroxyl groups excluding tert-OH is 3. The maximum Gasteiger partial charge on any atom is 0.326 e. The second-order valence-corrected chi connectivity index (χ2v) is 20.3. The average molecular weight is 1050 g/mol. The van der Waals surface area contributed by atoms with E-state index in [4.69, 9.17) is 5.73 Å². The van der Waals surface area contributed by atoms with Crippen molar-refractivity contribution in [3.63, 3.8) is 0 Å². The van der Waals surface area contributed by atoms with Crippen LogP contribution in [0, 0.1) is 17.8 Å². The van der Waals surface area contributed by atoms with Crippen LogP contribution in [0.5, 0.6) is 0 Å². The lowest BCUT2D eigenvalue weighted by Crippen LogP contribution is -2.62. The monoisotopic (exact) mass is 1050 g/mol. The van der Waals surface area contributed by atoms with Crippen LogP contribution in [-0.4, -0.2) is 152 Å². The van der Waals surface area contributed by atoms with Gasteiger partial charge in [0.25, 0.3) is 0 Å². The Bertz CT molecular complexity index is 2410. The van der Waals surface area contributed by atoms with Crippen molar-refractivity contribution in [2.75, 3.05) is 6.61 Å². The zero-order valence-corrected chi connectivity index (χ0v) is 44.1. The predicted octanol–water partition coefficient (Wildman–Crippen LogP) is -0.845. The topological polar surface area (TPSA) is 373 Å². The van der Waals surface area contributed by atoms with Gasteiger partial charge < -0.3 is 73.7 Å². The summed E-state index contributed by atoms with van der Waals surface area (Å²) < 4.78 is 0. The summed E-state index contributed by atoms with van der Waals surface area (Å²) in [7, 11) is 0. The van der Waals surface area contributed by atoms with E-state index in [9.17, 15) is 63.6 Å². The highest BCUT2D eigenvalue weighted by molar-refractivity contribution is 5.98. The van der Waals surface area contributed by atoms with Gasteiger partial charge in [-0.3, -0.25) is 38.4 Å². The van der Waals surface area contributed by atoms with Crippen molar-refractivity contribution in [3.05, 3.63) is 71.9 Å². The normalized spacial score (nSPS) is 15.9. The van der Waals surface area contributed by atoms with Crippen molar-refractivity contribution < 1.29 is 63.6 Å². The summed E-state index contributed by atoms with van der Waals surface area (Å²) in [5.41, 5.74) is 7.92. The molecule has 0 aliphatic heterocycles. The van der Waals surface area contributed by atoms with Crippen molar-refractivity contribution in [1.29, 1.82) is 0 Å². The van der Waals surface area contributed by atoms with E-state index in [1.54, 1.807) is 70.3 Å². The highest BCUT2D eigenvalue weighted by Gasteiger charge is 2.37. The van der Waals surface area contributed by atoms with Crippen molar-refractivity contribution >= 4 is 64.1 Å². The van der Waals surface area contributed by atoms with Gasteiger partial charge in [0.15, 0.2) is 0 Å². The third kappa shape index (κ3) is 20.0. The smallest absolute Gasteiger partial charge is 0.326 e. The van der Waals surface area contributed by atoms with Gasteiger partial charge in [0.05, 0.1) is 24.9 Å². The first-order valence-electron chi connectivity index (χ1n) is 25.2. The summed E-state index contributed by atoms with van der Waals surface area (Å²) in [5, 5.41) is 62.1. The molecule has 0 aliphatic rings. The van der Waals surface area contributed by atoms with E-state index >= 15 is 0 Å². The predicted molar refractivity (Wildman–Crippen MR) is 278 cm³/mol. The Balaban J connectivity index is 1.77. The Morgan fingerprint density at radius 2 is 0.933 bits per heavy atom. The Morgan fingerprint density at radius 3 is 1.45 bits per heavy atom. The summed E-state index contributed by atoms with van der Waals surface area (Å²) >= 11 is 0. The summed E-state index contributed by atoms with van der Waals surface area (Å²) in [6.45, 7) is 13.5. The molecule has 3 aromatic rings. The zero-order chi connectivity index (χ0) is 56.3. The Hall–Kier alpha value is -6.95. The maximum absolute atomic E-state index is 14.1. The molecule has 11 atom stereocenters. The van der Waals surface area contributed by atoms with E-state index in [0.29, 0.717) is 17.5 Å². The summed E-state index contributed by atoms with van der Waals surface area (Å²) in [6, 6.07) is 3.12. The van der Waals surface area contributed by atoms with Gasteiger partial charge in [-0.2, -0.15) is 0 Å². The number of rotatable bonds is 30. The summed E-state index contributed by atoms with van der Waals surface area (Å²) in [6.07, 6.45) is -1.20. The van der Waals surface area contributed by atoms with E-state index in [2.05, 4.69) is 47.5 Å². The molecule has 0 saturated heterocycles. The lowest BCUT2D eigenvalue weighted by Gasteiger charge is -2.29. The first-order chi connectivity index (χ1) is 35.2. The third-order valence-electron chi connectivity index (χ3n) is 12.1. The van der Waals surface area contributed by atoms with Gasteiger partial charge >= 0.3 is 5.97 Å². The summed E-state index contributed by atoms with van der Waals surface area (Å²) in [5.74, 6) is -8.93. The number of aliphatic carboxylic acids is 1. The number of H-pyrrole nitrogens is 1. The Labute approximate surface area is 437 Å². The molecule has 15 N–H and O–H groups in total. The molecule has 1 aromatic heterocycles. The lowest BCUT2D eigenvalue weighted by molar-refractivity contribution is -0.142. The number of carbonyl (C=O) groups excluding carboxylic acids is 8.